The summed E-state index contributed by atoms with van der Waals surface area (Å²) in [4.78, 5) is 24.3. The predicted octanol–water partition coefficient (Wildman–Crippen LogP) is 6.03. The Hall–Kier alpha value is -2.89. The Balaban J connectivity index is 1.43. The molecule has 0 saturated carbocycles. The number of piperidine rings is 1. The van der Waals surface area contributed by atoms with Crippen LogP contribution in [0.5, 0.6) is 0 Å². The molecular formula is C28H35F6N5O. The number of halogens is 6. The second kappa shape index (κ2) is 12.7. The van der Waals surface area contributed by atoms with E-state index in [1.54, 1.807) is 11.0 Å². The molecule has 220 valence electrons. The van der Waals surface area contributed by atoms with E-state index in [1.807, 2.05) is 4.90 Å². The zero-order valence-electron chi connectivity index (χ0n) is 22.3. The third-order valence-electron chi connectivity index (χ3n) is 7.80. The van der Waals surface area contributed by atoms with E-state index in [4.69, 9.17) is 5.73 Å². The van der Waals surface area contributed by atoms with Crippen LogP contribution in [0.2, 0.25) is 0 Å². The molecule has 2 N–H and O–H groups in total. The second-order valence-corrected chi connectivity index (χ2v) is 10.6. The molecule has 4 rings (SSSR count). The summed E-state index contributed by atoms with van der Waals surface area (Å²) in [7, 11) is 0. The van der Waals surface area contributed by atoms with E-state index in [9.17, 15) is 31.1 Å². The van der Waals surface area contributed by atoms with Crippen LogP contribution < -0.4 is 15.5 Å². The molecule has 0 amide bonds. The molecule has 12 heteroatoms. The standard InChI is InChI=1S/C28H35F6N5O/c29-27(30,31)21-10-8-19(9-11-21)4-1-7-23(40)22-6-3-15-39(22)25-18-24(36-26(37-25)28(32,33)34)38-16-12-20(13-17-38)5-2-14-35/h8-11,18,20,22H,1-7,12-17,35H2/t22-/m0/s1. The number of alkyl halides is 6. The van der Waals surface area contributed by atoms with Crippen molar-refractivity contribution in [2.75, 3.05) is 36.0 Å². The number of ketones is 1. The molecule has 1 aromatic carbocycles. The van der Waals surface area contributed by atoms with Gasteiger partial charge in [-0.3, -0.25) is 4.79 Å². The van der Waals surface area contributed by atoms with E-state index in [1.165, 1.54) is 12.1 Å². The summed E-state index contributed by atoms with van der Waals surface area (Å²) in [6.07, 6.45) is -3.34. The van der Waals surface area contributed by atoms with E-state index in [0.29, 0.717) is 63.3 Å². The first kappa shape index (κ1) is 30.1. The third-order valence-corrected chi connectivity index (χ3v) is 7.80. The summed E-state index contributed by atoms with van der Waals surface area (Å²) in [6.45, 7) is 2.21. The van der Waals surface area contributed by atoms with Crippen LogP contribution in [0, 0.1) is 5.92 Å². The number of anilines is 2. The summed E-state index contributed by atoms with van der Waals surface area (Å²) in [5, 5.41) is 0. The first-order valence-corrected chi connectivity index (χ1v) is 13.8. The Bertz CT molecular complexity index is 1130. The summed E-state index contributed by atoms with van der Waals surface area (Å²) >= 11 is 0. The molecule has 2 saturated heterocycles. The summed E-state index contributed by atoms with van der Waals surface area (Å²) in [5.41, 5.74) is 5.56. The number of benzene rings is 1. The lowest BCUT2D eigenvalue weighted by molar-refractivity contribution is -0.144. The number of hydrogen-bond acceptors (Lipinski definition) is 6. The van der Waals surface area contributed by atoms with Crippen molar-refractivity contribution in [1.29, 1.82) is 0 Å². The molecular weight excluding hydrogens is 536 g/mol. The van der Waals surface area contributed by atoms with E-state index in [0.717, 1.165) is 37.8 Å². The van der Waals surface area contributed by atoms with Crippen molar-refractivity contribution in [3.63, 3.8) is 0 Å². The zero-order chi connectivity index (χ0) is 28.9. The van der Waals surface area contributed by atoms with Gasteiger partial charge in [-0.25, -0.2) is 9.97 Å². The van der Waals surface area contributed by atoms with Crippen molar-refractivity contribution in [1.82, 2.24) is 9.97 Å². The molecule has 1 atom stereocenters. The number of nitrogens with two attached hydrogens (primary N) is 1. The molecule has 0 radical (unpaired) electrons. The van der Waals surface area contributed by atoms with Gasteiger partial charge in [0.2, 0.25) is 5.82 Å². The highest BCUT2D eigenvalue weighted by Crippen LogP contribution is 2.35. The number of carbonyl (C=O) groups excluding carboxylic acids is 1. The van der Waals surface area contributed by atoms with Gasteiger partial charge in [0.05, 0.1) is 11.6 Å². The first-order chi connectivity index (χ1) is 19.0. The SMILES string of the molecule is NCCCC1CCN(c2cc(N3CCC[C@H]3C(=O)CCCc3ccc(C(F)(F)F)cc3)nc(C(F)(F)F)n2)CC1. The summed E-state index contributed by atoms with van der Waals surface area (Å²) < 4.78 is 79.7. The van der Waals surface area contributed by atoms with E-state index >= 15 is 0 Å². The monoisotopic (exact) mass is 571 g/mol. The largest absolute Gasteiger partial charge is 0.451 e. The van der Waals surface area contributed by atoms with Crippen LogP contribution in [0.25, 0.3) is 0 Å². The molecule has 0 aliphatic carbocycles. The molecule has 6 nitrogen and oxygen atoms in total. The van der Waals surface area contributed by atoms with Crippen LogP contribution in [-0.4, -0.2) is 48.0 Å². The van der Waals surface area contributed by atoms with Gasteiger partial charge in [0.25, 0.3) is 0 Å². The van der Waals surface area contributed by atoms with Crippen LogP contribution in [-0.2, 0) is 23.6 Å². The van der Waals surface area contributed by atoms with Crippen LogP contribution >= 0.6 is 0 Å². The van der Waals surface area contributed by atoms with Gasteiger partial charge >= 0.3 is 12.4 Å². The molecule has 3 heterocycles. The van der Waals surface area contributed by atoms with Crippen molar-refractivity contribution in [2.45, 2.75) is 76.2 Å². The lowest BCUT2D eigenvalue weighted by Crippen LogP contribution is -2.38. The number of rotatable bonds is 10. The zero-order valence-corrected chi connectivity index (χ0v) is 22.3. The van der Waals surface area contributed by atoms with Crippen LogP contribution in [0.1, 0.15) is 68.3 Å². The van der Waals surface area contributed by atoms with Gasteiger partial charge in [-0.05, 0) is 81.5 Å². The number of hydrogen-bond donors (Lipinski definition) is 1. The van der Waals surface area contributed by atoms with E-state index < -0.39 is 29.8 Å². The minimum Gasteiger partial charge on any atom is -0.356 e. The van der Waals surface area contributed by atoms with Crippen LogP contribution in [0.15, 0.2) is 30.3 Å². The normalized spacial score (nSPS) is 18.9. The number of nitrogens with zero attached hydrogens (tertiary/aromatic N) is 4. The molecule has 0 bridgehead atoms. The number of carbonyl (C=O) groups is 1. The second-order valence-electron chi connectivity index (χ2n) is 10.6. The maximum absolute atomic E-state index is 13.8. The maximum atomic E-state index is 13.8. The fraction of sp³-hybridized carbons (Fsp3) is 0.607. The fourth-order valence-corrected chi connectivity index (χ4v) is 5.58. The van der Waals surface area contributed by atoms with Crippen molar-refractivity contribution in [2.24, 2.45) is 11.7 Å². The number of Topliss-reactive ketones (excluding diaryl/α,β-unsaturated/α-hetero) is 1. The van der Waals surface area contributed by atoms with Gasteiger partial charge in [0.1, 0.15) is 11.6 Å². The minimum absolute atomic E-state index is 0.0983. The molecule has 1 aromatic heterocycles. The lowest BCUT2D eigenvalue weighted by Gasteiger charge is -2.34. The van der Waals surface area contributed by atoms with Crippen molar-refractivity contribution >= 4 is 17.4 Å². The van der Waals surface area contributed by atoms with Gasteiger partial charge in [0, 0.05) is 32.1 Å². The predicted molar refractivity (Wildman–Crippen MR) is 140 cm³/mol. The molecule has 2 aliphatic rings. The van der Waals surface area contributed by atoms with Gasteiger partial charge < -0.3 is 15.5 Å². The van der Waals surface area contributed by atoms with Crippen molar-refractivity contribution < 1.29 is 31.1 Å². The Morgan fingerprint density at radius 2 is 1.57 bits per heavy atom. The molecule has 40 heavy (non-hydrogen) atoms. The average molecular weight is 572 g/mol. The van der Waals surface area contributed by atoms with Crippen LogP contribution in [0.3, 0.4) is 0 Å². The fourth-order valence-electron chi connectivity index (χ4n) is 5.58. The highest BCUT2D eigenvalue weighted by atomic mass is 19.4. The number of aromatic nitrogens is 2. The number of aryl methyl sites for hydroxylation is 1. The van der Waals surface area contributed by atoms with Gasteiger partial charge in [0.15, 0.2) is 5.78 Å². The Kier molecular flexibility index (Phi) is 9.58. The average Bonchev–Trinajstić information content (AvgIpc) is 3.42. The molecule has 0 unspecified atom stereocenters. The van der Waals surface area contributed by atoms with E-state index in [2.05, 4.69) is 9.97 Å². The topological polar surface area (TPSA) is 75.3 Å². The van der Waals surface area contributed by atoms with Crippen molar-refractivity contribution in [3.05, 3.63) is 47.3 Å². The molecule has 2 fully saturated rings. The molecule has 0 spiro atoms. The summed E-state index contributed by atoms with van der Waals surface area (Å²) in [5.74, 6) is -0.521. The third kappa shape index (κ3) is 7.64. The quantitative estimate of drug-likeness (QED) is 0.351. The molecule has 2 aliphatic heterocycles. The highest BCUT2D eigenvalue weighted by molar-refractivity contribution is 5.87. The van der Waals surface area contributed by atoms with E-state index in [-0.39, 0.29) is 23.8 Å². The summed E-state index contributed by atoms with van der Waals surface area (Å²) in [6, 6.07) is 5.79. The van der Waals surface area contributed by atoms with Gasteiger partial charge in [-0.1, -0.05) is 12.1 Å². The molecule has 2 aromatic rings. The van der Waals surface area contributed by atoms with Gasteiger partial charge in [-0.15, -0.1) is 0 Å². The minimum atomic E-state index is -4.73. The first-order valence-electron chi connectivity index (χ1n) is 13.8. The Morgan fingerprint density at radius 1 is 0.900 bits per heavy atom. The van der Waals surface area contributed by atoms with Crippen molar-refractivity contribution in [3.8, 4) is 0 Å². The smallest absolute Gasteiger partial charge is 0.356 e. The lowest BCUT2D eigenvalue weighted by atomic mass is 9.92. The maximum Gasteiger partial charge on any atom is 0.451 e. The van der Waals surface area contributed by atoms with Crippen LogP contribution in [0.4, 0.5) is 38.0 Å². The highest BCUT2D eigenvalue weighted by Gasteiger charge is 2.38. The van der Waals surface area contributed by atoms with Gasteiger partial charge in [-0.2, -0.15) is 26.3 Å². The Morgan fingerprint density at radius 3 is 2.20 bits per heavy atom. The Labute approximate surface area is 229 Å².